The molecule has 0 amide bonds. The predicted octanol–water partition coefficient (Wildman–Crippen LogP) is 10.4. The van der Waals surface area contributed by atoms with E-state index < -0.39 is 51.1 Å². The van der Waals surface area contributed by atoms with Gasteiger partial charge in [-0.25, -0.2) is 4.57 Å². The number of carbonyl (C=O) groups excluding carboxylic acids is 2. The third-order valence-corrected chi connectivity index (χ3v) is 9.20. The van der Waals surface area contributed by atoms with Gasteiger partial charge < -0.3 is 25.2 Å². The van der Waals surface area contributed by atoms with Crippen molar-refractivity contribution in [2.45, 2.75) is 167 Å². The number of phosphoric acid groups is 1. The molecule has 0 aliphatic rings. The van der Waals surface area contributed by atoms with E-state index in [0.717, 1.165) is 70.6 Å². The molecule has 0 saturated heterocycles. The first-order chi connectivity index (χ1) is 26.1. The summed E-state index contributed by atoms with van der Waals surface area (Å²) in [6, 6.07) is -1.53. The summed E-state index contributed by atoms with van der Waals surface area (Å²) in [7, 11) is -4.73. The molecule has 12 heteroatoms. The Morgan fingerprint density at radius 3 is 1.61 bits per heavy atom. The van der Waals surface area contributed by atoms with Gasteiger partial charge in [-0.3, -0.25) is 23.4 Å². The van der Waals surface area contributed by atoms with E-state index in [4.69, 9.17) is 24.8 Å². The van der Waals surface area contributed by atoms with Crippen molar-refractivity contribution in [3.05, 3.63) is 60.8 Å². The van der Waals surface area contributed by atoms with Crippen molar-refractivity contribution in [1.29, 1.82) is 0 Å². The van der Waals surface area contributed by atoms with Crippen molar-refractivity contribution in [2.24, 2.45) is 5.73 Å². The molecule has 3 atom stereocenters. The first-order valence-electron chi connectivity index (χ1n) is 20.3. The van der Waals surface area contributed by atoms with Crippen molar-refractivity contribution < 1.29 is 47.5 Å². The van der Waals surface area contributed by atoms with Crippen molar-refractivity contribution in [3.63, 3.8) is 0 Å². The Labute approximate surface area is 326 Å². The van der Waals surface area contributed by atoms with Gasteiger partial charge in [0.25, 0.3) is 0 Å². The lowest BCUT2D eigenvalue weighted by molar-refractivity contribution is -0.161. The van der Waals surface area contributed by atoms with E-state index in [1.165, 1.54) is 44.9 Å². The van der Waals surface area contributed by atoms with Crippen LogP contribution in [0.3, 0.4) is 0 Å². The second-order valence-electron chi connectivity index (χ2n) is 13.4. The molecule has 0 aromatic carbocycles. The number of hydrogen-bond acceptors (Lipinski definition) is 9. The van der Waals surface area contributed by atoms with E-state index in [-0.39, 0.29) is 19.4 Å². The predicted molar refractivity (Wildman–Crippen MR) is 217 cm³/mol. The zero-order chi connectivity index (χ0) is 40.0. The van der Waals surface area contributed by atoms with E-state index in [9.17, 15) is 23.8 Å². The number of ether oxygens (including phenoxy) is 2. The third kappa shape index (κ3) is 36.2. The van der Waals surface area contributed by atoms with E-state index in [0.29, 0.717) is 12.8 Å². The number of rotatable bonds is 37. The summed E-state index contributed by atoms with van der Waals surface area (Å²) >= 11 is 0. The topological polar surface area (TPSA) is 172 Å². The second kappa shape index (κ2) is 37.1. The van der Waals surface area contributed by atoms with Gasteiger partial charge in [0.15, 0.2) is 6.10 Å². The highest BCUT2D eigenvalue weighted by atomic mass is 31.2. The van der Waals surface area contributed by atoms with Gasteiger partial charge in [0.1, 0.15) is 12.6 Å². The Morgan fingerprint density at radius 1 is 0.593 bits per heavy atom. The van der Waals surface area contributed by atoms with Crippen LogP contribution in [0.15, 0.2) is 60.8 Å². The zero-order valence-corrected chi connectivity index (χ0v) is 34.2. The summed E-state index contributed by atoms with van der Waals surface area (Å²) in [6.07, 6.45) is 41.5. The van der Waals surface area contributed by atoms with Gasteiger partial charge in [0.05, 0.1) is 13.2 Å². The molecule has 0 aliphatic carbocycles. The Morgan fingerprint density at radius 2 is 1.04 bits per heavy atom. The van der Waals surface area contributed by atoms with Crippen molar-refractivity contribution in [1.82, 2.24) is 0 Å². The van der Waals surface area contributed by atoms with Gasteiger partial charge in [-0.1, -0.05) is 126 Å². The molecule has 54 heavy (non-hydrogen) atoms. The Kier molecular flexibility index (Phi) is 35.2. The maximum absolute atomic E-state index is 12.6. The number of allylic oxidation sites excluding steroid dienone is 10. The lowest BCUT2D eigenvalue weighted by Gasteiger charge is -2.20. The average molecular weight is 782 g/mol. The van der Waals surface area contributed by atoms with Crippen LogP contribution in [-0.4, -0.2) is 59.9 Å². The maximum atomic E-state index is 12.6. The normalized spacial score (nSPS) is 14.4. The van der Waals surface area contributed by atoms with Crippen LogP contribution in [0.25, 0.3) is 0 Å². The van der Waals surface area contributed by atoms with E-state index in [2.05, 4.69) is 79.1 Å². The molecule has 0 rings (SSSR count). The van der Waals surface area contributed by atoms with Crippen molar-refractivity contribution >= 4 is 25.7 Å². The Bertz CT molecular complexity index is 1150. The lowest BCUT2D eigenvalue weighted by atomic mass is 10.1. The summed E-state index contributed by atoms with van der Waals surface area (Å²) in [5.41, 5.74) is 5.32. The molecular weight excluding hydrogens is 709 g/mol. The fourth-order valence-corrected chi connectivity index (χ4v) is 5.83. The van der Waals surface area contributed by atoms with Crippen LogP contribution in [-0.2, 0) is 37.5 Å². The number of unbranched alkanes of at least 4 members (excludes halogenated alkanes) is 13. The lowest BCUT2D eigenvalue weighted by Crippen LogP contribution is -2.34. The Hall–Kier alpha value is -2.82. The van der Waals surface area contributed by atoms with Crippen LogP contribution < -0.4 is 5.73 Å². The van der Waals surface area contributed by atoms with Gasteiger partial charge in [-0.15, -0.1) is 0 Å². The van der Waals surface area contributed by atoms with Crippen LogP contribution in [0.2, 0.25) is 0 Å². The van der Waals surface area contributed by atoms with Gasteiger partial charge in [0.2, 0.25) is 0 Å². The van der Waals surface area contributed by atoms with Gasteiger partial charge in [0, 0.05) is 12.8 Å². The van der Waals surface area contributed by atoms with Gasteiger partial charge in [-0.2, -0.15) is 0 Å². The molecule has 0 radical (unpaired) electrons. The third-order valence-electron chi connectivity index (χ3n) is 8.25. The molecule has 0 bridgehead atoms. The number of nitrogens with two attached hydrogens (primary N) is 1. The number of phosphoric ester groups is 1. The molecule has 0 spiro atoms. The Balaban J connectivity index is 4.49. The summed E-state index contributed by atoms with van der Waals surface area (Å²) in [4.78, 5) is 45.8. The number of hydrogen-bond donors (Lipinski definition) is 3. The molecule has 310 valence electrons. The van der Waals surface area contributed by atoms with E-state index >= 15 is 0 Å². The molecule has 0 fully saturated rings. The number of carboxylic acid groups (broad SMARTS) is 1. The molecule has 0 heterocycles. The summed E-state index contributed by atoms with van der Waals surface area (Å²) in [5.74, 6) is -2.44. The number of aliphatic carboxylic acids is 1. The van der Waals surface area contributed by atoms with Gasteiger partial charge >= 0.3 is 25.7 Å². The fourth-order valence-electron chi connectivity index (χ4n) is 5.05. The first-order valence-corrected chi connectivity index (χ1v) is 21.8. The largest absolute Gasteiger partial charge is 0.480 e. The van der Waals surface area contributed by atoms with Crippen molar-refractivity contribution in [2.75, 3.05) is 19.8 Å². The molecule has 1 unspecified atom stereocenters. The minimum Gasteiger partial charge on any atom is -0.480 e. The maximum Gasteiger partial charge on any atom is 0.472 e. The molecular formula is C42H72NO10P. The summed E-state index contributed by atoms with van der Waals surface area (Å²) in [5, 5.41) is 8.87. The number of carbonyl (C=O) groups is 3. The highest BCUT2D eigenvalue weighted by molar-refractivity contribution is 7.47. The number of esters is 2. The fraction of sp³-hybridized carbons (Fsp3) is 0.690. The van der Waals surface area contributed by atoms with Crippen molar-refractivity contribution in [3.8, 4) is 0 Å². The minimum absolute atomic E-state index is 0.144. The zero-order valence-electron chi connectivity index (χ0n) is 33.3. The average Bonchev–Trinajstić information content (AvgIpc) is 3.14. The molecule has 11 nitrogen and oxygen atoms in total. The molecule has 0 aliphatic heterocycles. The van der Waals surface area contributed by atoms with E-state index in [1.807, 2.05) is 0 Å². The van der Waals surface area contributed by atoms with E-state index in [1.54, 1.807) is 0 Å². The summed E-state index contributed by atoms with van der Waals surface area (Å²) in [6.45, 7) is 2.61. The van der Waals surface area contributed by atoms with Crippen LogP contribution in [0.4, 0.5) is 0 Å². The molecule has 0 aromatic heterocycles. The smallest absolute Gasteiger partial charge is 0.472 e. The highest BCUT2D eigenvalue weighted by Gasteiger charge is 2.28. The molecule has 0 aromatic rings. The van der Waals surface area contributed by atoms with Crippen LogP contribution >= 0.6 is 7.82 Å². The second-order valence-corrected chi connectivity index (χ2v) is 14.8. The quantitative estimate of drug-likeness (QED) is 0.0237. The standard InChI is InChI=1S/C42H72NO10P/c1-3-5-7-9-11-13-15-17-19-21-23-25-27-29-31-33-40(44)50-35-38(36-51-54(48,49)52-37-39(43)42(46)47)53-41(45)34-32-30-28-26-24-22-20-18-16-14-12-10-8-6-4-2/h5,7,11,13-14,16-17,19,23,25,38-39H,3-4,6,8-10,12,15,18,20-22,24,26-37,43H2,1-2H3,(H,46,47)(H,48,49)/b7-5+,13-11+,16-14+,19-17+,25-23+/t38-,39+/m1/s1. The van der Waals surface area contributed by atoms with Crippen LogP contribution in [0, 0.1) is 0 Å². The monoisotopic (exact) mass is 781 g/mol. The van der Waals surface area contributed by atoms with Crippen LogP contribution in [0.5, 0.6) is 0 Å². The minimum atomic E-state index is -4.73. The molecule has 4 N–H and O–H groups in total. The number of carboxylic acids is 1. The summed E-state index contributed by atoms with van der Waals surface area (Å²) < 4.78 is 32.6. The van der Waals surface area contributed by atoms with Crippen LogP contribution in [0.1, 0.15) is 155 Å². The first kappa shape index (κ1) is 51.2. The van der Waals surface area contributed by atoms with Gasteiger partial charge in [-0.05, 0) is 77.0 Å². The highest BCUT2D eigenvalue weighted by Crippen LogP contribution is 2.43. The SMILES string of the molecule is CC/C=C/C/C=C/C/C=C/C/C=C/CCCCC(=O)OC[C@H](COP(=O)(O)OC[C@H](N)C(=O)O)OC(=O)CCCCCCCCC/C=C/CCCCCC. The molecule has 0 saturated carbocycles.